The van der Waals surface area contributed by atoms with Crippen molar-refractivity contribution in [2.75, 3.05) is 0 Å². The van der Waals surface area contributed by atoms with Gasteiger partial charge in [0.05, 0.1) is 5.92 Å². The molecule has 3 aliphatic rings. The topological polar surface area (TPSA) is 46.2 Å². The third-order valence-corrected chi connectivity index (χ3v) is 2.30. The van der Waals surface area contributed by atoms with Gasteiger partial charge in [0, 0.05) is 12.5 Å². The molecule has 3 heteroatoms. The number of hydrogen-bond donors (Lipinski definition) is 1. The lowest BCUT2D eigenvalue weighted by Gasteiger charge is -2.34. The Hall–Kier alpha value is -0.860. The van der Waals surface area contributed by atoms with Crippen LogP contribution in [0.4, 0.5) is 0 Å². The number of hydrogen-bond acceptors (Lipinski definition) is 2. The molecule has 2 atom stereocenters. The average molecular weight is 139 g/mol. The molecule has 1 saturated carbocycles. The van der Waals surface area contributed by atoms with Crippen molar-refractivity contribution in [3.63, 3.8) is 0 Å². The normalized spacial score (nSPS) is 38.0. The van der Waals surface area contributed by atoms with Gasteiger partial charge in [-0.05, 0) is 12.8 Å². The summed E-state index contributed by atoms with van der Waals surface area (Å²) in [5.74, 6) is -0.211. The molecular formula is C7H9NO2. The van der Waals surface area contributed by atoms with Crippen molar-refractivity contribution < 1.29 is 9.59 Å². The van der Waals surface area contributed by atoms with Gasteiger partial charge in [-0.25, -0.2) is 0 Å². The van der Waals surface area contributed by atoms with E-state index in [2.05, 4.69) is 5.32 Å². The second-order valence-corrected chi connectivity index (χ2v) is 3.01. The third-order valence-electron chi connectivity index (χ3n) is 2.30. The quantitative estimate of drug-likeness (QED) is 0.474. The molecule has 1 amide bonds. The maximum absolute atomic E-state index is 11.0. The van der Waals surface area contributed by atoms with Crippen LogP contribution >= 0.6 is 0 Å². The van der Waals surface area contributed by atoms with Gasteiger partial charge in [-0.1, -0.05) is 0 Å². The van der Waals surface area contributed by atoms with Crippen LogP contribution in [0, 0.1) is 5.92 Å². The predicted octanol–water partition coefficient (Wildman–Crippen LogP) is -0.146. The zero-order chi connectivity index (χ0) is 7.14. The smallest absolute Gasteiger partial charge is 0.230 e. The third kappa shape index (κ3) is 0.664. The molecule has 0 aromatic rings. The lowest BCUT2D eigenvalue weighted by molar-refractivity contribution is -0.141. The van der Waals surface area contributed by atoms with Gasteiger partial charge in [-0.2, -0.15) is 0 Å². The van der Waals surface area contributed by atoms with Crippen LogP contribution in [0.1, 0.15) is 19.3 Å². The molecule has 2 aliphatic heterocycles. The monoisotopic (exact) mass is 139 g/mol. The molecule has 0 spiro atoms. The molecule has 0 unspecified atom stereocenters. The Kier molecular flexibility index (Phi) is 1.07. The first-order chi connectivity index (χ1) is 4.77. The van der Waals surface area contributed by atoms with Crippen molar-refractivity contribution in [3.8, 4) is 0 Å². The fourth-order valence-electron chi connectivity index (χ4n) is 1.72. The van der Waals surface area contributed by atoms with Crippen LogP contribution in [-0.2, 0) is 9.59 Å². The number of Topliss-reactive ketones (excluding diaryl/α,β-unsaturated/α-hetero) is 1. The number of carbonyl (C=O) groups is 2. The fraction of sp³-hybridized carbons (Fsp3) is 0.714. The molecule has 10 heavy (non-hydrogen) atoms. The van der Waals surface area contributed by atoms with E-state index in [1.807, 2.05) is 0 Å². The van der Waals surface area contributed by atoms with Crippen LogP contribution in [0.5, 0.6) is 0 Å². The first-order valence-electron chi connectivity index (χ1n) is 3.60. The predicted molar refractivity (Wildman–Crippen MR) is 34.3 cm³/mol. The number of nitrogens with one attached hydrogen (secondary N) is 1. The van der Waals surface area contributed by atoms with Crippen molar-refractivity contribution in [2.45, 2.75) is 25.3 Å². The minimum absolute atomic E-state index is 0.0486. The van der Waals surface area contributed by atoms with E-state index in [1.54, 1.807) is 0 Å². The van der Waals surface area contributed by atoms with Gasteiger partial charge in [0.2, 0.25) is 5.91 Å². The van der Waals surface area contributed by atoms with Gasteiger partial charge in [0.15, 0.2) is 0 Å². The summed E-state index contributed by atoms with van der Waals surface area (Å²) in [6.07, 6.45) is 2.33. The standard InChI is InChI=1S/C7H9NO2/c9-6-3-4-1-2-5(6)7(10)8-4/h4-5H,1-3H2,(H,8,10)/t4-,5-/m1/s1. The molecular weight excluding hydrogens is 130 g/mol. The molecule has 0 radical (unpaired) electrons. The van der Waals surface area contributed by atoms with E-state index in [-0.39, 0.29) is 23.7 Å². The van der Waals surface area contributed by atoms with E-state index >= 15 is 0 Å². The summed E-state index contributed by atoms with van der Waals surface area (Å²) >= 11 is 0. The lowest BCUT2D eigenvalue weighted by atomic mass is 9.80. The lowest BCUT2D eigenvalue weighted by Crippen LogP contribution is -2.53. The van der Waals surface area contributed by atoms with E-state index in [0.717, 1.165) is 12.8 Å². The van der Waals surface area contributed by atoms with Crippen LogP contribution in [0.3, 0.4) is 0 Å². The molecule has 2 saturated heterocycles. The minimum Gasteiger partial charge on any atom is -0.352 e. The van der Waals surface area contributed by atoms with E-state index in [1.165, 1.54) is 0 Å². The Labute approximate surface area is 58.8 Å². The van der Waals surface area contributed by atoms with E-state index in [9.17, 15) is 9.59 Å². The van der Waals surface area contributed by atoms with Gasteiger partial charge < -0.3 is 5.32 Å². The van der Waals surface area contributed by atoms with Gasteiger partial charge in [-0.3, -0.25) is 9.59 Å². The number of carbonyl (C=O) groups excluding carboxylic acids is 2. The Bertz CT molecular complexity index is 182. The van der Waals surface area contributed by atoms with Gasteiger partial charge in [-0.15, -0.1) is 0 Å². The van der Waals surface area contributed by atoms with Crippen molar-refractivity contribution >= 4 is 11.7 Å². The van der Waals surface area contributed by atoms with Gasteiger partial charge in [0.1, 0.15) is 5.78 Å². The number of fused-ring (bicyclic) bond motifs is 3. The summed E-state index contributed by atoms with van der Waals surface area (Å²) < 4.78 is 0. The molecule has 2 heterocycles. The highest BCUT2D eigenvalue weighted by Crippen LogP contribution is 2.26. The molecule has 0 aromatic carbocycles. The van der Waals surface area contributed by atoms with E-state index < -0.39 is 0 Å². The summed E-state index contributed by atoms with van der Waals surface area (Å²) in [4.78, 5) is 21.9. The van der Waals surface area contributed by atoms with E-state index in [4.69, 9.17) is 0 Å². The largest absolute Gasteiger partial charge is 0.352 e. The maximum atomic E-state index is 11.0. The first-order valence-corrected chi connectivity index (χ1v) is 3.60. The summed E-state index contributed by atoms with van der Waals surface area (Å²) in [5, 5.41) is 2.79. The minimum atomic E-state index is -0.301. The SMILES string of the molecule is O=C1C[C@H]2CC[C@H]1C(=O)N2. The zero-order valence-corrected chi connectivity index (χ0v) is 5.59. The fourth-order valence-corrected chi connectivity index (χ4v) is 1.72. The van der Waals surface area contributed by atoms with E-state index in [0.29, 0.717) is 6.42 Å². The highest BCUT2D eigenvalue weighted by Gasteiger charge is 2.39. The molecule has 1 aliphatic carbocycles. The van der Waals surface area contributed by atoms with Crippen LogP contribution in [0.15, 0.2) is 0 Å². The van der Waals surface area contributed by atoms with Crippen LogP contribution in [-0.4, -0.2) is 17.7 Å². The molecule has 54 valence electrons. The van der Waals surface area contributed by atoms with Crippen LogP contribution in [0.2, 0.25) is 0 Å². The number of piperidine rings is 2. The first kappa shape index (κ1) is 5.89. The van der Waals surface area contributed by atoms with Gasteiger partial charge >= 0.3 is 0 Å². The summed E-state index contributed by atoms with van der Waals surface area (Å²) in [5.41, 5.74) is 0. The Balaban J connectivity index is 2.26. The Morgan fingerprint density at radius 1 is 1.30 bits per heavy atom. The van der Waals surface area contributed by atoms with Crippen molar-refractivity contribution in [2.24, 2.45) is 5.92 Å². The Morgan fingerprint density at radius 2 is 2.10 bits per heavy atom. The number of ketones is 1. The molecule has 0 aromatic heterocycles. The van der Waals surface area contributed by atoms with Crippen LogP contribution in [0.25, 0.3) is 0 Å². The second kappa shape index (κ2) is 1.81. The molecule has 2 bridgehead atoms. The number of rotatable bonds is 0. The van der Waals surface area contributed by atoms with Crippen molar-refractivity contribution in [1.29, 1.82) is 0 Å². The summed E-state index contributed by atoms with van der Waals surface area (Å²) in [6.45, 7) is 0. The zero-order valence-electron chi connectivity index (χ0n) is 5.59. The highest BCUT2D eigenvalue weighted by molar-refractivity contribution is 6.04. The summed E-state index contributed by atoms with van der Waals surface area (Å²) in [6, 6.07) is 0.157. The average Bonchev–Trinajstić information content (AvgIpc) is 1.86. The molecule has 3 fully saturated rings. The molecule has 3 rings (SSSR count). The Morgan fingerprint density at radius 3 is 2.50 bits per heavy atom. The van der Waals surface area contributed by atoms with Gasteiger partial charge in [0.25, 0.3) is 0 Å². The molecule has 3 nitrogen and oxygen atoms in total. The van der Waals surface area contributed by atoms with Crippen molar-refractivity contribution in [3.05, 3.63) is 0 Å². The summed E-state index contributed by atoms with van der Waals surface area (Å²) in [7, 11) is 0. The highest BCUT2D eigenvalue weighted by atomic mass is 16.2. The second-order valence-electron chi connectivity index (χ2n) is 3.01. The molecule has 1 N–H and O–H groups in total. The van der Waals surface area contributed by atoms with Crippen LogP contribution < -0.4 is 5.32 Å². The van der Waals surface area contributed by atoms with Crippen molar-refractivity contribution in [1.82, 2.24) is 5.32 Å². The number of amides is 1. The maximum Gasteiger partial charge on any atom is 0.230 e.